The van der Waals surface area contributed by atoms with Gasteiger partial charge in [0.2, 0.25) is 0 Å². The van der Waals surface area contributed by atoms with E-state index >= 15 is 0 Å². The molecule has 2 nitrogen and oxygen atoms in total. The summed E-state index contributed by atoms with van der Waals surface area (Å²) in [7, 11) is 0. The second kappa shape index (κ2) is 5.34. The number of hydrogen-bond acceptors (Lipinski definition) is 1. The van der Waals surface area contributed by atoms with Crippen LogP contribution in [0.2, 0.25) is 5.02 Å². The van der Waals surface area contributed by atoms with Gasteiger partial charge in [0, 0.05) is 18.3 Å². The van der Waals surface area contributed by atoms with E-state index in [-0.39, 0.29) is 0 Å². The Bertz CT molecular complexity index is 591. The average Bonchev–Trinajstić information content (AvgIpc) is 2.94. The lowest BCUT2D eigenvalue weighted by Gasteiger charge is -2.17. The zero-order valence-electron chi connectivity index (χ0n) is 11.1. The van der Waals surface area contributed by atoms with E-state index in [2.05, 4.69) is 11.5 Å². The molecule has 2 aromatic rings. The van der Waals surface area contributed by atoms with Crippen LogP contribution in [0.5, 0.6) is 0 Å². The third-order valence-corrected chi connectivity index (χ3v) is 4.58. The number of hydrogen-bond donors (Lipinski definition) is 0. The van der Waals surface area contributed by atoms with E-state index in [0.29, 0.717) is 11.9 Å². The molecule has 1 aliphatic carbocycles. The number of para-hydroxylation sites is 1. The Balaban J connectivity index is 2.15. The number of rotatable bonds is 3. The van der Waals surface area contributed by atoms with E-state index in [1.807, 2.05) is 18.2 Å². The largest absolute Gasteiger partial charge is 0.324 e. The molecular weight excluding hydrogens is 279 g/mol. The fourth-order valence-corrected chi connectivity index (χ4v) is 3.65. The maximum absolute atomic E-state index is 6.40. The van der Waals surface area contributed by atoms with Crippen molar-refractivity contribution in [3.8, 4) is 0 Å². The molecular formula is C15H18Cl2N2. The molecule has 0 bridgehead atoms. The monoisotopic (exact) mass is 296 g/mol. The fraction of sp³-hybridized carbons (Fsp3) is 0.533. The van der Waals surface area contributed by atoms with E-state index in [9.17, 15) is 0 Å². The molecule has 3 rings (SSSR count). The number of imidazole rings is 1. The molecule has 0 saturated heterocycles. The Kier molecular flexibility index (Phi) is 3.72. The highest BCUT2D eigenvalue weighted by Gasteiger charge is 2.27. The molecule has 0 radical (unpaired) electrons. The van der Waals surface area contributed by atoms with Gasteiger partial charge in [-0.2, -0.15) is 0 Å². The number of aromatic nitrogens is 2. The van der Waals surface area contributed by atoms with Crippen LogP contribution in [0.4, 0.5) is 0 Å². The van der Waals surface area contributed by atoms with Crippen molar-refractivity contribution in [2.75, 3.05) is 5.88 Å². The van der Waals surface area contributed by atoms with Gasteiger partial charge in [-0.25, -0.2) is 4.98 Å². The van der Waals surface area contributed by atoms with Crippen molar-refractivity contribution in [1.82, 2.24) is 9.55 Å². The van der Waals surface area contributed by atoms with Crippen LogP contribution in [0, 0.1) is 5.92 Å². The summed E-state index contributed by atoms with van der Waals surface area (Å²) >= 11 is 12.3. The SMILES string of the molecule is CC1CCC(n2c(CCCl)nc3cccc(Cl)c32)C1. The third kappa shape index (κ3) is 2.36. The highest BCUT2D eigenvalue weighted by atomic mass is 35.5. The van der Waals surface area contributed by atoms with Crippen molar-refractivity contribution in [3.63, 3.8) is 0 Å². The van der Waals surface area contributed by atoms with Gasteiger partial charge in [-0.3, -0.25) is 0 Å². The summed E-state index contributed by atoms with van der Waals surface area (Å²) in [6, 6.07) is 6.47. The lowest BCUT2D eigenvalue weighted by molar-refractivity contribution is 0.490. The molecule has 102 valence electrons. The van der Waals surface area contributed by atoms with E-state index in [1.54, 1.807) is 0 Å². The molecule has 1 aromatic carbocycles. The second-order valence-electron chi connectivity index (χ2n) is 5.52. The maximum Gasteiger partial charge on any atom is 0.111 e. The first-order valence-electron chi connectivity index (χ1n) is 6.92. The Labute approximate surface area is 123 Å². The fourth-order valence-electron chi connectivity index (χ4n) is 3.22. The topological polar surface area (TPSA) is 17.8 Å². The van der Waals surface area contributed by atoms with Gasteiger partial charge in [0.1, 0.15) is 5.82 Å². The van der Waals surface area contributed by atoms with Gasteiger partial charge in [-0.1, -0.05) is 24.6 Å². The molecule has 1 aromatic heterocycles. The zero-order chi connectivity index (χ0) is 13.4. The standard InChI is InChI=1S/C15H18Cl2N2/c1-10-5-6-11(9-10)19-14(7-8-16)18-13-4-2-3-12(17)15(13)19/h2-4,10-11H,5-9H2,1H3. The average molecular weight is 297 g/mol. The molecule has 1 heterocycles. The lowest BCUT2D eigenvalue weighted by Crippen LogP contribution is -2.10. The van der Waals surface area contributed by atoms with Crippen molar-refractivity contribution >= 4 is 34.2 Å². The van der Waals surface area contributed by atoms with Crippen molar-refractivity contribution in [1.29, 1.82) is 0 Å². The van der Waals surface area contributed by atoms with Crippen LogP contribution in [-0.2, 0) is 6.42 Å². The Morgan fingerprint density at radius 1 is 1.37 bits per heavy atom. The number of nitrogens with zero attached hydrogens (tertiary/aromatic N) is 2. The van der Waals surface area contributed by atoms with E-state index in [0.717, 1.165) is 34.2 Å². The van der Waals surface area contributed by atoms with Gasteiger partial charge in [-0.15, -0.1) is 11.6 Å². The summed E-state index contributed by atoms with van der Waals surface area (Å²) in [4.78, 5) is 4.73. The van der Waals surface area contributed by atoms with Gasteiger partial charge in [-0.05, 0) is 37.3 Å². The molecule has 1 saturated carbocycles. The van der Waals surface area contributed by atoms with E-state index in [4.69, 9.17) is 28.2 Å². The number of fused-ring (bicyclic) bond motifs is 1. The predicted octanol–water partition coefficient (Wildman–Crippen LogP) is 4.83. The molecule has 0 amide bonds. The zero-order valence-corrected chi connectivity index (χ0v) is 12.6. The molecule has 1 fully saturated rings. The Morgan fingerprint density at radius 2 is 2.21 bits per heavy atom. The summed E-state index contributed by atoms with van der Waals surface area (Å²) in [5.41, 5.74) is 2.08. The molecule has 0 aliphatic heterocycles. The number of benzene rings is 1. The number of halogens is 2. The quantitative estimate of drug-likeness (QED) is 0.742. The molecule has 0 spiro atoms. The summed E-state index contributed by atoms with van der Waals surface area (Å²) in [5.74, 6) is 2.47. The van der Waals surface area contributed by atoms with Crippen molar-refractivity contribution in [3.05, 3.63) is 29.0 Å². The van der Waals surface area contributed by atoms with Crippen LogP contribution in [0.25, 0.3) is 11.0 Å². The summed E-state index contributed by atoms with van der Waals surface area (Å²) in [6.07, 6.45) is 4.52. The molecule has 2 atom stereocenters. The normalized spacial score (nSPS) is 23.3. The highest BCUT2D eigenvalue weighted by molar-refractivity contribution is 6.35. The molecule has 19 heavy (non-hydrogen) atoms. The Morgan fingerprint density at radius 3 is 2.89 bits per heavy atom. The van der Waals surface area contributed by atoms with Crippen molar-refractivity contribution in [2.24, 2.45) is 5.92 Å². The minimum atomic E-state index is 0.526. The van der Waals surface area contributed by atoms with Crippen LogP contribution in [0.15, 0.2) is 18.2 Å². The third-order valence-electron chi connectivity index (χ3n) is 4.08. The maximum atomic E-state index is 6.40. The molecule has 0 N–H and O–H groups in total. The van der Waals surface area contributed by atoms with E-state index < -0.39 is 0 Å². The van der Waals surface area contributed by atoms with Crippen LogP contribution in [0.3, 0.4) is 0 Å². The minimum absolute atomic E-state index is 0.526. The lowest BCUT2D eigenvalue weighted by atomic mass is 10.1. The van der Waals surface area contributed by atoms with Gasteiger partial charge in [0.25, 0.3) is 0 Å². The molecule has 1 aliphatic rings. The van der Waals surface area contributed by atoms with Gasteiger partial charge in [0.05, 0.1) is 16.1 Å². The summed E-state index contributed by atoms with van der Waals surface area (Å²) in [5, 5.41) is 0.797. The highest BCUT2D eigenvalue weighted by Crippen LogP contribution is 2.38. The van der Waals surface area contributed by atoms with E-state index in [1.165, 1.54) is 19.3 Å². The van der Waals surface area contributed by atoms with Crippen LogP contribution in [0.1, 0.15) is 38.1 Å². The van der Waals surface area contributed by atoms with Crippen molar-refractivity contribution < 1.29 is 0 Å². The Hall–Kier alpha value is -0.730. The predicted molar refractivity (Wildman–Crippen MR) is 81.2 cm³/mol. The van der Waals surface area contributed by atoms with Gasteiger partial charge in [0.15, 0.2) is 0 Å². The first kappa shape index (κ1) is 13.3. The summed E-state index contributed by atoms with van der Waals surface area (Å²) in [6.45, 7) is 2.32. The molecule has 2 unspecified atom stereocenters. The number of alkyl halides is 1. The van der Waals surface area contributed by atoms with Crippen LogP contribution in [-0.4, -0.2) is 15.4 Å². The van der Waals surface area contributed by atoms with Gasteiger partial charge >= 0.3 is 0 Å². The number of aryl methyl sites for hydroxylation is 1. The first-order valence-corrected chi connectivity index (χ1v) is 7.83. The summed E-state index contributed by atoms with van der Waals surface area (Å²) < 4.78 is 2.35. The van der Waals surface area contributed by atoms with Gasteiger partial charge < -0.3 is 4.57 Å². The van der Waals surface area contributed by atoms with Crippen LogP contribution >= 0.6 is 23.2 Å². The van der Waals surface area contributed by atoms with Crippen molar-refractivity contribution in [2.45, 2.75) is 38.6 Å². The first-order chi connectivity index (χ1) is 9.20. The minimum Gasteiger partial charge on any atom is -0.324 e. The molecule has 4 heteroatoms. The smallest absolute Gasteiger partial charge is 0.111 e. The van der Waals surface area contributed by atoms with Crippen LogP contribution < -0.4 is 0 Å². The second-order valence-corrected chi connectivity index (χ2v) is 6.30.